The van der Waals surface area contributed by atoms with Gasteiger partial charge >= 0.3 is 5.97 Å². The third kappa shape index (κ3) is 7.39. The van der Waals surface area contributed by atoms with Crippen molar-refractivity contribution in [2.45, 2.75) is 25.9 Å². The number of benzene rings is 4. The molecule has 0 fully saturated rings. The molecule has 0 aliphatic carbocycles. The van der Waals surface area contributed by atoms with Crippen molar-refractivity contribution in [1.82, 2.24) is 0 Å². The quantitative estimate of drug-likeness (QED) is 0.215. The van der Waals surface area contributed by atoms with E-state index in [1.54, 1.807) is 12.1 Å². The summed E-state index contributed by atoms with van der Waals surface area (Å²) in [6.07, 6.45) is -0.374. The number of hydrogen-bond acceptors (Lipinski definition) is 5. The normalized spacial score (nSPS) is 13.7. The Kier molecular flexibility index (Phi) is 8.74. The van der Waals surface area contributed by atoms with Gasteiger partial charge in [0.15, 0.2) is 6.10 Å². The zero-order chi connectivity index (χ0) is 28.6. The molecule has 5 rings (SSSR count). The summed E-state index contributed by atoms with van der Waals surface area (Å²) in [5.41, 5.74) is 5.84. The minimum Gasteiger partial charge on any atom is -0.493 e. The van der Waals surface area contributed by atoms with Gasteiger partial charge in [0.1, 0.15) is 29.7 Å². The van der Waals surface area contributed by atoms with Crippen molar-refractivity contribution in [2.75, 3.05) is 13.2 Å². The molecule has 0 amide bonds. The van der Waals surface area contributed by atoms with E-state index < -0.39 is 17.9 Å². The first-order valence-corrected chi connectivity index (χ1v) is 13.4. The summed E-state index contributed by atoms with van der Waals surface area (Å²) < 4.78 is 30.5. The van der Waals surface area contributed by atoms with Gasteiger partial charge in [-0.25, -0.2) is 14.2 Å². The summed E-state index contributed by atoms with van der Waals surface area (Å²) in [6.45, 7) is 2.74. The minimum absolute atomic E-state index is 0.153. The SMILES string of the molecule is CC1=C(CCOc2ccc(CC(Oc3ccc(F)cc3)C(=O)O)cc2)N=C(c2ccc(-c3ccccc3)cc2)CO1. The first-order valence-electron chi connectivity index (χ1n) is 13.4. The second kappa shape index (κ2) is 13.0. The number of aliphatic imine (C=N–C) groups is 1. The van der Waals surface area contributed by atoms with E-state index in [0.29, 0.717) is 31.1 Å². The van der Waals surface area contributed by atoms with Crippen LogP contribution in [0.4, 0.5) is 4.39 Å². The van der Waals surface area contributed by atoms with Gasteiger partial charge in [0, 0.05) is 12.8 Å². The van der Waals surface area contributed by atoms with Crippen LogP contribution in [0.1, 0.15) is 24.5 Å². The molecular weight excluding hydrogens is 521 g/mol. The molecule has 1 heterocycles. The number of rotatable bonds is 11. The fourth-order valence-corrected chi connectivity index (χ4v) is 4.46. The van der Waals surface area contributed by atoms with E-state index >= 15 is 0 Å². The highest BCUT2D eigenvalue weighted by Crippen LogP contribution is 2.24. The number of carboxylic acid groups (broad SMARTS) is 1. The number of aliphatic carboxylic acids is 1. The fourth-order valence-electron chi connectivity index (χ4n) is 4.46. The predicted molar refractivity (Wildman–Crippen MR) is 156 cm³/mol. The van der Waals surface area contributed by atoms with Crippen molar-refractivity contribution in [1.29, 1.82) is 0 Å². The van der Waals surface area contributed by atoms with Crippen LogP contribution in [0, 0.1) is 5.82 Å². The molecular formula is C34H30FNO5. The van der Waals surface area contributed by atoms with E-state index in [0.717, 1.165) is 33.9 Å². The van der Waals surface area contributed by atoms with Crippen LogP contribution in [0.5, 0.6) is 11.5 Å². The third-order valence-electron chi connectivity index (χ3n) is 6.75. The maximum atomic E-state index is 13.1. The van der Waals surface area contributed by atoms with Gasteiger partial charge in [-0.15, -0.1) is 0 Å². The standard InChI is InChI=1S/C34H30FNO5/c1-23-31(36-32(22-40-23)27-11-9-26(10-12-27)25-5-3-2-4-6-25)19-20-39-29-15-7-24(8-16-29)21-33(34(37)38)41-30-17-13-28(35)14-18-30/h2-18,33H,19-22H2,1H3,(H,37,38). The molecule has 1 atom stereocenters. The van der Waals surface area contributed by atoms with Crippen LogP contribution in [0.25, 0.3) is 11.1 Å². The largest absolute Gasteiger partial charge is 0.493 e. The first kappa shape index (κ1) is 27.6. The molecule has 6 nitrogen and oxygen atoms in total. The van der Waals surface area contributed by atoms with Crippen LogP contribution < -0.4 is 9.47 Å². The van der Waals surface area contributed by atoms with Crippen LogP contribution in [-0.2, 0) is 16.0 Å². The maximum Gasteiger partial charge on any atom is 0.345 e. The average molecular weight is 552 g/mol. The van der Waals surface area contributed by atoms with E-state index in [-0.39, 0.29) is 6.42 Å². The van der Waals surface area contributed by atoms with Crippen molar-refractivity contribution < 1.29 is 28.5 Å². The Hall–Kier alpha value is -4.91. The van der Waals surface area contributed by atoms with Gasteiger partial charge in [0.25, 0.3) is 0 Å². The molecule has 1 aliphatic heterocycles. The molecule has 4 aromatic rings. The second-order valence-electron chi connectivity index (χ2n) is 9.64. The minimum atomic E-state index is -1.10. The molecule has 4 aromatic carbocycles. The van der Waals surface area contributed by atoms with E-state index in [1.807, 2.05) is 37.3 Å². The molecule has 41 heavy (non-hydrogen) atoms. The molecule has 0 bridgehead atoms. The Labute approximate surface area is 238 Å². The van der Waals surface area contributed by atoms with Crippen molar-refractivity contribution in [3.8, 4) is 22.6 Å². The Morgan fingerprint density at radius 1 is 0.878 bits per heavy atom. The molecule has 0 saturated carbocycles. The zero-order valence-electron chi connectivity index (χ0n) is 22.6. The van der Waals surface area contributed by atoms with E-state index in [9.17, 15) is 14.3 Å². The van der Waals surface area contributed by atoms with Crippen LogP contribution in [0.3, 0.4) is 0 Å². The lowest BCUT2D eigenvalue weighted by molar-refractivity contribution is -0.145. The number of carboxylic acids is 1. The Morgan fingerprint density at radius 2 is 1.51 bits per heavy atom. The molecule has 1 N–H and O–H groups in total. The maximum absolute atomic E-state index is 13.1. The first-order chi connectivity index (χ1) is 19.9. The highest BCUT2D eigenvalue weighted by Gasteiger charge is 2.20. The lowest BCUT2D eigenvalue weighted by Gasteiger charge is -2.19. The second-order valence-corrected chi connectivity index (χ2v) is 9.64. The van der Waals surface area contributed by atoms with Gasteiger partial charge in [-0.2, -0.15) is 0 Å². The summed E-state index contributed by atoms with van der Waals surface area (Å²) in [4.78, 5) is 16.6. The fraction of sp³-hybridized carbons (Fsp3) is 0.176. The van der Waals surface area contributed by atoms with Gasteiger partial charge < -0.3 is 19.3 Å². The van der Waals surface area contributed by atoms with Crippen molar-refractivity contribution in [3.63, 3.8) is 0 Å². The molecule has 0 radical (unpaired) electrons. The number of hydrogen-bond donors (Lipinski definition) is 1. The van der Waals surface area contributed by atoms with Gasteiger partial charge in [-0.1, -0.05) is 66.7 Å². The van der Waals surface area contributed by atoms with Crippen LogP contribution in [0.15, 0.2) is 120 Å². The number of ether oxygens (including phenoxy) is 3. The van der Waals surface area contributed by atoms with Crippen LogP contribution >= 0.6 is 0 Å². The van der Waals surface area contributed by atoms with Gasteiger partial charge in [0.2, 0.25) is 0 Å². The Morgan fingerprint density at radius 3 is 2.20 bits per heavy atom. The highest BCUT2D eigenvalue weighted by molar-refractivity contribution is 6.03. The van der Waals surface area contributed by atoms with Crippen molar-refractivity contribution in [3.05, 3.63) is 132 Å². The molecule has 1 aliphatic rings. The summed E-state index contributed by atoms with van der Waals surface area (Å²) in [7, 11) is 0. The molecule has 0 saturated heterocycles. The van der Waals surface area contributed by atoms with E-state index in [2.05, 4.69) is 36.4 Å². The van der Waals surface area contributed by atoms with Crippen molar-refractivity contribution >= 4 is 11.7 Å². The molecule has 1 unspecified atom stereocenters. The van der Waals surface area contributed by atoms with Crippen LogP contribution in [-0.4, -0.2) is 36.1 Å². The topological polar surface area (TPSA) is 77.4 Å². The number of halogens is 1. The summed E-state index contributed by atoms with van der Waals surface area (Å²) >= 11 is 0. The monoisotopic (exact) mass is 551 g/mol. The zero-order valence-corrected chi connectivity index (χ0v) is 22.6. The summed E-state index contributed by atoms with van der Waals surface area (Å²) in [5, 5.41) is 9.57. The number of allylic oxidation sites excluding steroid dienone is 1. The number of nitrogens with zero attached hydrogens (tertiary/aromatic N) is 1. The number of carbonyl (C=O) groups is 1. The molecule has 7 heteroatoms. The lowest BCUT2D eigenvalue weighted by Crippen LogP contribution is -2.29. The highest BCUT2D eigenvalue weighted by atomic mass is 19.1. The van der Waals surface area contributed by atoms with Gasteiger partial charge in [-0.3, -0.25) is 0 Å². The summed E-state index contributed by atoms with van der Waals surface area (Å²) in [6, 6.07) is 31.1. The van der Waals surface area contributed by atoms with E-state index in [1.165, 1.54) is 29.8 Å². The Bertz CT molecular complexity index is 1530. The van der Waals surface area contributed by atoms with Crippen molar-refractivity contribution in [2.24, 2.45) is 4.99 Å². The molecule has 0 aromatic heterocycles. The predicted octanol–water partition coefficient (Wildman–Crippen LogP) is 7.09. The van der Waals surface area contributed by atoms with Crippen LogP contribution in [0.2, 0.25) is 0 Å². The summed E-state index contributed by atoms with van der Waals surface area (Å²) in [5.74, 6) is 0.235. The van der Waals surface area contributed by atoms with E-state index in [4.69, 9.17) is 19.2 Å². The van der Waals surface area contributed by atoms with Gasteiger partial charge in [0.05, 0.1) is 18.0 Å². The third-order valence-corrected chi connectivity index (χ3v) is 6.75. The lowest BCUT2D eigenvalue weighted by atomic mass is 10.0. The van der Waals surface area contributed by atoms with Gasteiger partial charge in [-0.05, 0) is 65.6 Å². The average Bonchev–Trinajstić information content (AvgIpc) is 3.00. The Balaban J connectivity index is 1.15. The molecule has 0 spiro atoms. The smallest absolute Gasteiger partial charge is 0.345 e. The molecule has 208 valence electrons.